The Bertz CT molecular complexity index is 1010. The van der Waals surface area contributed by atoms with E-state index in [1.807, 2.05) is 0 Å². The maximum absolute atomic E-state index is 11.8. The molecule has 0 saturated heterocycles. The van der Waals surface area contributed by atoms with E-state index in [-0.39, 0.29) is 103 Å². The van der Waals surface area contributed by atoms with Crippen molar-refractivity contribution in [3.63, 3.8) is 0 Å². The van der Waals surface area contributed by atoms with Crippen LogP contribution in [-0.4, -0.2) is 87.0 Å². The first-order chi connectivity index (χ1) is 23.4. The Hall–Kier alpha value is -3.84. The van der Waals surface area contributed by atoms with Gasteiger partial charge in [0.1, 0.15) is 24.8 Å². The van der Waals surface area contributed by atoms with Gasteiger partial charge in [0.25, 0.3) is 0 Å². The highest BCUT2D eigenvalue weighted by Crippen LogP contribution is 2.18. The molecular formula is C36H58O14. The third-order valence-corrected chi connectivity index (χ3v) is 7.05. The van der Waals surface area contributed by atoms with Gasteiger partial charge in [0.2, 0.25) is 0 Å². The first-order valence-electron chi connectivity index (χ1n) is 17.4. The molecule has 0 heterocycles. The van der Waals surface area contributed by atoms with E-state index in [1.54, 1.807) is 41.5 Å². The number of rotatable bonds is 27. The van der Waals surface area contributed by atoms with Crippen molar-refractivity contribution in [1.29, 1.82) is 0 Å². The smallest absolute Gasteiger partial charge is 0.306 e. The van der Waals surface area contributed by atoms with Gasteiger partial charge in [0.15, 0.2) is 0 Å². The van der Waals surface area contributed by atoms with Crippen LogP contribution in [0.1, 0.15) is 131 Å². The number of esters is 6. The van der Waals surface area contributed by atoms with Crippen molar-refractivity contribution in [2.24, 2.45) is 10.8 Å². The first-order valence-corrected chi connectivity index (χ1v) is 17.4. The minimum Gasteiger partial charge on any atom is -0.466 e. The maximum atomic E-state index is 11.8. The molecule has 0 amide bonds. The van der Waals surface area contributed by atoms with Gasteiger partial charge in [-0.3, -0.25) is 38.4 Å². The number of ketones is 2. The largest absolute Gasteiger partial charge is 0.466 e. The third-order valence-electron chi connectivity index (χ3n) is 7.05. The van der Waals surface area contributed by atoms with E-state index in [1.165, 1.54) is 0 Å². The molecule has 0 N–H and O–H groups in total. The lowest BCUT2D eigenvalue weighted by Crippen LogP contribution is -2.21. The van der Waals surface area contributed by atoms with E-state index < -0.39 is 46.6 Å². The van der Waals surface area contributed by atoms with Crippen LogP contribution in [0, 0.1) is 10.8 Å². The Morgan fingerprint density at radius 1 is 0.300 bits per heavy atom. The number of Topliss-reactive ketones (excluding diaryl/α,β-unsaturated/α-hetero) is 2. The van der Waals surface area contributed by atoms with Gasteiger partial charge in [-0.25, -0.2) is 0 Å². The van der Waals surface area contributed by atoms with E-state index >= 15 is 0 Å². The predicted molar refractivity (Wildman–Crippen MR) is 179 cm³/mol. The number of ether oxygens (including phenoxy) is 6. The highest BCUT2D eigenvalue weighted by atomic mass is 16.6. The molecule has 0 aromatic carbocycles. The summed E-state index contributed by atoms with van der Waals surface area (Å²) in [4.78, 5) is 94.4. The van der Waals surface area contributed by atoms with Gasteiger partial charge in [-0.1, -0.05) is 41.5 Å². The highest BCUT2D eigenvalue weighted by Gasteiger charge is 2.23. The number of carbonyl (C=O) groups excluding carboxylic acids is 8. The lowest BCUT2D eigenvalue weighted by Gasteiger charge is -2.15. The molecule has 0 unspecified atom stereocenters. The Morgan fingerprint density at radius 3 is 0.760 bits per heavy atom. The maximum Gasteiger partial charge on any atom is 0.306 e. The zero-order valence-corrected chi connectivity index (χ0v) is 30.9. The van der Waals surface area contributed by atoms with Gasteiger partial charge in [0, 0.05) is 62.2 Å². The Balaban J connectivity index is 3.67. The van der Waals surface area contributed by atoms with Crippen molar-refractivity contribution in [1.82, 2.24) is 0 Å². The lowest BCUT2D eigenvalue weighted by molar-refractivity contribution is -0.152. The third kappa shape index (κ3) is 27.0. The van der Waals surface area contributed by atoms with Gasteiger partial charge < -0.3 is 28.4 Å². The fraction of sp³-hybridized carbons (Fsp3) is 0.778. The van der Waals surface area contributed by atoms with Crippen molar-refractivity contribution in [3.8, 4) is 0 Å². The van der Waals surface area contributed by atoms with Crippen LogP contribution in [0.4, 0.5) is 0 Å². The van der Waals surface area contributed by atoms with Crippen LogP contribution < -0.4 is 0 Å². The summed E-state index contributed by atoms with van der Waals surface area (Å²) in [5.41, 5.74) is -1.000. The normalized spacial score (nSPS) is 11.2. The van der Waals surface area contributed by atoms with Gasteiger partial charge >= 0.3 is 35.8 Å². The average Bonchev–Trinajstić information content (AvgIpc) is 3.03. The number of hydrogen-bond acceptors (Lipinski definition) is 14. The summed E-state index contributed by atoms with van der Waals surface area (Å²) in [6.07, 6.45) is 3.06. The van der Waals surface area contributed by atoms with Crippen LogP contribution in [0.2, 0.25) is 0 Å². The second-order valence-corrected chi connectivity index (χ2v) is 13.8. The minimum absolute atomic E-state index is 0.0162. The Morgan fingerprint density at radius 2 is 0.520 bits per heavy atom. The molecule has 14 heteroatoms. The minimum atomic E-state index is -0.500. The van der Waals surface area contributed by atoms with Crippen molar-refractivity contribution < 1.29 is 66.8 Å². The van der Waals surface area contributed by atoms with Crippen LogP contribution in [0.15, 0.2) is 0 Å². The highest BCUT2D eigenvalue weighted by molar-refractivity contribution is 5.87. The summed E-state index contributed by atoms with van der Waals surface area (Å²) in [6, 6.07) is 0. The van der Waals surface area contributed by atoms with Crippen LogP contribution in [-0.2, 0) is 66.8 Å². The Kier molecular flexibility index (Phi) is 24.0. The average molecular weight is 715 g/mol. The Labute approximate surface area is 295 Å². The molecule has 0 rings (SSSR count). The van der Waals surface area contributed by atoms with Crippen molar-refractivity contribution in [2.45, 2.75) is 131 Å². The summed E-state index contributed by atoms with van der Waals surface area (Å²) in [7, 11) is 0. The van der Waals surface area contributed by atoms with Gasteiger partial charge in [-0.2, -0.15) is 0 Å². The molecule has 0 aliphatic carbocycles. The van der Waals surface area contributed by atoms with Crippen LogP contribution >= 0.6 is 0 Å². The fourth-order valence-electron chi connectivity index (χ4n) is 3.86. The number of carbonyl (C=O) groups is 8. The molecule has 0 fully saturated rings. The summed E-state index contributed by atoms with van der Waals surface area (Å²) < 4.78 is 30.3. The second kappa shape index (κ2) is 26.0. The molecule has 0 bridgehead atoms. The molecule has 0 radical (unpaired) electrons. The van der Waals surface area contributed by atoms with Crippen molar-refractivity contribution in [3.05, 3.63) is 0 Å². The van der Waals surface area contributed by atoms with E-state index in [4.69, 9.17) is 28.4 Å². The summed E-state index contributed by atoms with van der Waals surface area (Å²) >= 11 is 0. The zero-order chi connectivity index (χ0) is 38.0. The SMILES string of the molecule is CC(C)(C)C(=O)CCC(=O)OCCCOC(=O)CCCCC(=O)OCCOC(=O)CCCCC(=O)OCCCOC(=O)CCC(=O)C(C)(C)C. The van der Waals surface area contributed by atoms with E-state index in [0.717, 1.165) is 0 Å². The van der Waals surface area contributed by atoms with Crippen LogP contribution in [0.25, 0.3) is 0 Å². The molecule has 50 heavy (non-hydrogen) atoms. The topological polar surface area (TPSA) is 192 Å². The fourth-order valence-corrected chi connectivity index (χ4v) is 3.86. The zero-order valence-electron chi connectivity index (χ0n) is 30.9. The molecule has 0 saturated carbocycles. The molecule has 286 valence electrons. The predicted octanol–water partition coefficient (Wildman–Crippen LogP) is 4.94. The summed E-state index contributed by atoms with van der Waals surface area (Å²) in [5.74, 6) is -2.79. The lowest BCUT2D eigenvalue weighted by atomic mass is 9.88. The molecule has 0 spiro atoms. The van der Waals surface area contributed by atoms with Crippen molar-refractivity contribution in [2.75, 3.05) is 39.6 Å². The molecule has 14 nitrogen and oxygen atoms in total. The van der Waals surface area contributed by atoms with Crippen LogP contribution in [0.3, 0.4) is 0 Å². The second-order valence-electron chi connectivity index (χ2n) is 13.8. The molecule has 0 atom stereocenters. The molecule has 0 aliphatic rings. The summed E-state index contributed by atoms with van der Waals surface area (Å²) in [6.45, 7) is 10.9. The molecule has 0 aromatic heterocycles. The van der Waals surface area contributed by atoms with Gasteiger partial charge in [-0.05, 0) is 25.7 Å². The van der Waals surface area contributed by atoms with E-state index in [2.05, 4.69) is 0 Å². The van der Waals surface area contributed by atoms with Crippen molar-refractivity contribution >= 4 is 47.4 Å². The molecule has 0 aliphatic heterocycles. The first kappa shape index (κ1) is 46.2. The number of hydrogen-bond donors (Lipinski definition) is 0. The monoisotopic (exact) mass is 714 g/mol. The number of unbranched alkanes of at least 4 members (excludes halogenated alkanes) is 2. The van der Waals surface area contributed by atoms with Gasteiger partial charge in [-0.15, -0.1) is 0 Å². The quantitative estimate of drug-likeness (QED) is 0.0631. The van der Waals surface area contributed by atoms with E-state index in [9.17, 15) is 38.4 Å². The molecule has 0 aromatic rings. The molecular weight excluding hydrogens is 656 g/mol. The summed E-state index contributed by atoms with van der Waals surface area (Å²) in [5, 5.41) is 0. The van der Waals surface area contributed by atoms with E-state index in [0.29, 0.717) is 38.5 Å². The van der Waals surface area contributed by atoms with Crippen LogP contribution in [0.5, 0.6) is 0 Å². The van der Waals surface area contributed by atoms with Gasteiger partial charge in [0.05, 0.1) is 39.3 Å². The standard InChI is InChI=1S/C36H58O14/c1-35(2,3)27(37)17-19-33(43)47-23-11-21-45-29(39)13-7-9-15-31(41)49-25-26-50-32(42)16-10-8-14-30(40)46-22-12-24-48-34(44)20-18-28(38)36(4,5)6/h7-26H2,1-6H3.